The minimum absolute atomic E-state index is 0.0149. The van der Waals surface area contributed by atoms with Crippen molar-refractivity contribution in [2.75, 3.05) is 23.7 Å². The molecule has 1 saturated heterocycles. The summed E-state index contributed by atoms with van der Waals surface area (Å²) in [7, 11) is 0. The van der Waals surface area contributed by atoms with Crippen molar-refractivity contribution in [3.63, 3.8) is 0 Å². The number of carbonyl (C=O) groups is 1. The van der Waals surface area contributed by atoms with Gasteiger partial charge in [-0.1, -0.05) is 0 Å². The number of nitrogens with one attached hydrogen (secondary N) is 1. The SMILES string of the molecule is Nc1nc(N)c2nc(-c3ccc(O)cc3)c(N)nc2n1.O=C1CCCN1. The Morgan fingerprint density at radius 1 is 0.962 bits per heavy atom. The number of anilines is 3. The van der Waals surface area contributed by atoms with Crippen molar-refractivity contribution in [2.24, 2.45) is 0 Å². The summed E-state index contributed by atoms with van der Waals surface area (Å²) in [5, 5.41) is 12.0. The Kier molecular flexibility index (Phi) is 4.65. The lowest BCUT2D eigenvalue weighted by molar-refractivity contribution is -0.119. The Labute approximate surface area is 148 Å². The molecular formula is C16H18N8O2. The monoisotopic (exact) mass is 354 g/mol. The van der Waals surface area contributed by atoms with E-state index in [2.05, 4.69) is 25.3 Å². The molecular weight excluding hydrogens is 336 g/mol. The number of rotatable bonds is 1. The van der Waals surface area contributed by atoms with Gasteiger partial charge in [0.1, 0.15) is 11.4 Å². The van der Waals surface area contributed by atoms with Gasteiger partial charge in [-0.15, -0.1) is 0 Å². The number of hydrogen-bond donors (Lipinski definition) is 5. The Morgan fingerprint density at radius 3 is 2.27 bits per heavy atom. The minimum Gasteiger partial charge on any atom is -0.508 e. The number of phenols is 1. The van der Waals surface area contributed by atoms with E-state index in [-0.39, 0.29) is 34.9 Å². The molecule has 0 unspecified atom stereocenters. The van der Waals surface area contributed by atoms with Crippen molar-refractivity contribution < 1.29 is 9.90 Å². The molecule has 3 heterocycles. The summed E-state index contributed by atoms with van der Waals surface area (Å²) in [5.74, 6) is 0.702. The van der Waals surface area contributed by atoms with Crippen LogP contribution in [0.4, 0.5) is 17.6 Å². The molecule has 1 amide bonds. The maximum Gasteiger partial charge on any atom is 0.224 e. The van der Waals surface area contributed by atoms with Gasteiger partial charge in [0.25, 0.3) is 0 Å². The molecule has 10 nitrogen and oxygen atoms in total. The van der Waals surface area contributed by atoms with Gasteiger partial charge in [0, 0.05) is 18.5 Å². The van der Waals surface area contributed by atoms with Crippen LogP contribution < -0.4 is 22.5 Å². The van der Waals surface area contributed by atoms with Crippen LogP contribution >= 0.6 is 0 Å². The third kappa shape index (κ3) is 3.69. The van der Waals surface area contributed by atoms with Crippen LogP contribution in [0.1, 0.15) is 12.8 Å². The number of aromatic nitrogens is 4. The maximum atomic E-state index is 10.1. The molecule has 1 fully saturated rings. The molecule has 0 atom stereocenters. The summed E-state index contributed by atoms with van der Waals surface area (Å²) in [5.41, 5.74) is 18.9. The van der Waals surface area contributed by atoms with Gasteiger partial charge in [0.15, 0.2) is 22.8 Å². The first-order chi connectivity index (χ1) is 12.4. The first-order valence-electron chi connectivity index (χ1n) is 7.86. The zero-order chi connectivity index (χ0) is 18.7. The van der Waals surface area contributed by atoms with E-state index in [0.29, 0.717) is 16.8 Å². The Hall–Kier alpha value is -3.69. The summed E-state index contributed by atoms with van der Waals surface area (Å²) < 4.78 is 0. The van der Waals surface area contributed by atoms with Crippen molar-refractivity contribution in [1.29, 1.82) is 0 Å². The van der Waals surface area contributed by atoms with E-state index in [1.54, 1.807) is 12.1 Å². The highest BCUT2D eigenvalue weighted by Gasteiger charge is 2.13. The Balaban J connectivity index is 0.000000278. The van der Waals surface area contributed by atoms with Gasteiger partial charge in [-0.2, -0.15) is 9.97 Å². The fourth-order valence-electron chi connectivity index (χ4n) is 2.40. The lowest BCUT2D eigenvalue weighted by Crippen LogP contribution is -2.12. The van der Waals surface area contributed by atoms with Crippen LogP contribution in [0.25, 0.3) is 22.4 Å². The largest absolute Gasteiger partial charge is 0.508 e. The Morgan fingerprint density at radius 2 is 1.69 bits per heavy atom. The molecule has 1 aromatic carbocycles. The summed E-state index contributed by atoms with van der Waals surface area (Å²) in [6.07, 6.45) is 1.76. The van der Waals surface area contributed by atoms with Crippen molar-refractivity contribution in [3.05, 3.63) is 24.3 Å². The molecule has 4 rings (SSSR count). The van der Waals surface area contributed by atoms with Crippen molar-refractivity contribution in [3.8, 4) is 17.0 Å². The summed E-state index contributed by atoms with van der Waals surface area (Å²) in [4.78, 5) is 26.4. The van der Waals surface area contributed by atoms with Crippen molar-refractivity contribution >= 4 is 34.7 Å². The second-order valence-corrected chi connectivity index (χ2v) is 5.60. The van der Waals surface area contributed by atoms with Crippen LogP contribution in [-0.2, 0) is 4.79 Å². The summed E-state index contributed by atoms with van der Waals surface area (Å²) in [6.45, 7) is 0.888. The van der Waals surface area contributed by atoms with Gasteiger partial charge in [-0.25, -0.2) is 9.97 Å². The quantitative estimate of drug-likeness (QED) is 0.414. The molecule has 134 valence electrons. The van der Waals surface area contributed by atoms with Crippen LogP contribution in [0.5, 0.6) is 5.75 Å². The number of aromatic hydroxyl groups is 1. The van der Waals surface area contributed by atoms with Gasteiger partial charge < -0.3 is 27.6 Å². The predicted octanol–water partition coefficient (Wildman–Crippen LogP) is 0.435. The molecule has 0 radical (unpaired) electrons. The van der Waals surface area contributed by atoms with E-state index < -0.39 is 0 Å². The molecule has 0 spiro atoms. The predicted molar refractivity (Wildman–Crippen MR) is 97.7 cm³/mol. The third-order valence-electron chi connectivity index (χ3n) is 3.65. The molecule has 0 bridgehead atoms. The molecule has 0 aliphatic carbocycles. The molecule has 1 aliphatic heterocycles. The lowest BCUT2D eigenvalue weighted by Gasteiger charge is -2.07. The minimum atomic E-state index is 0.0149. The number of phenolic OH excluding ortho intramolecular Hbond substituents is 1. The number of amides is 1. The number of carbonyl (C=O) groups excluding carboxylic acids is 1. The molecule has 1 aliphatic rings. The molecule has 26 heavy (non-hydrogen) atoms. The summed E-state index contributed by atoms with van der Waals surface area (Å²) >= 11 is 0. The topological polar surface area (TPSA) is 179 Å². The molecule has 2 aromatic heterocycles. The molecule has 0 saturated carbocycles. The average molecular weight is 354 g/mol. The van der Waals surface area contributed by atoms with Gasteiger partial charge in [-0.3, -0.25) is 4.79 Å². The van der Waals surface area contributed by atoms with Crippen molar-refractivity contribution in [1.82, 2.24) is 25.3 Å². The van der Waals surface area contributed by atoms with Gasteiger partial charge in [0.05, 0.1) is 0 Å². The normalized spacial score (nSPS) is 13.2. The van der Waals surface area contributed by atoms with Crippen molar-refractivity contribution in [2.45, 2.75) is 12.8 Å². The van der Waals surface area contributed by atoms with Gasteiger partial charge in [0.2, 0.25) is 11.9 Å². The van der Waals surface area contributed by atoms with E-state index >= 15 is 0 Å². The first-order valence-corrected chi connectivity index (χ1v) is 7.86. The first kappa shape index (κ1) is 17.1. The van der Waals surface area contributed by atoms with Crippen LogP contribution in [0.3, 0.4) is 0 Å². The Bertz CT molecular complexity index is 951. The average Bonchev–Trinajstić information content (AvgIpc) is 3.07. The fourth-order valence-corrected chi connectivity index (χ4v) is 2.40. The highest BCUT2D eigenvalue weighted by molar-refractivity contribution is 5.87. The number of fused-ring (bicyclic) bond motifs is 1. The highest BCUT2D eigenvalue weighted by atomic mass is 16.3. The van der Waals surface area contributed by atoms with Crippen LogP contribution in [0.2, 0.25) is 0 Å². The molecule has 8 N–H and O–H groups in total. The van der Waals surface area contributed by atoms with Gasteiger partial charge in [-0.05, 0) is 30.7 Å². The van der Waals surface area contributed by atoms with E-state index in [9.17, 15) is 9.90 Å². The zero-order valence-corrected chi connectivity index (χ0v) is 13.8. The number of hydrogen-bond acceptors (Lipinski definition) is 9. The van der Waals surface area contributed by atoms with E-state index in [0.717, 1.165) is 19.4 Å². The smallest absolute Gasteiger partial charge is 0.224 e. The van der Waals surface area contributed by atoms with Crippen LogP contribution in [0, 0.1) is 0 Å². The molecule has 10 heteroatoms. The van der Waals surface area contributed by atoms with Crippen LogP contribution in [0.15, 0.2) is 24.3 Å². The standard InChI is InChI=1S/C12H11N7O.C4H7NO/c13-9-7(5-1-3-6(20)4-2-5)16-8-10(14)18-12(15)19-11(8)17-9;6-4-2-1-3-5-4/h1-4,20H,(H6,13,14,15,17,18,19);1-3H2,(H,5,6). The second kappa shape index (κ2) is 7.05. The lowest BCUT2D eigenvalue weighted by atomic mass is 10.1. The highest BCUT2D eigenvalue weighted by Crippen LogP contribution is 2.27. The van der Waals surface area contributed by atoms with E-state index in [1.165, 1.54) is 12.1 Å². The maximum absolute atomic E-state index is 10.1. The fraction of sp³-hybridized carbons (Fsp3) is 0.188. The summed E-state index contributed by atoms with van der Waals surface area (Å²) in [6, 6.07) is 6.42. The van der Waals surface area contributed by atoms with Crippen LogP contribution in [-0.4, -0.2) is 37.5 Å². The van der Waals surface area contributed by atoms with Gasteiger partial charge >= 0.3 is 0 Å². The second-order valence-electron chi connectivity index (χ2n) is 5.60. The third-order valence-corrected chi connectivity index (χ3v) is 3.65. The number of benzene rings is 1. The van der Waals surface area contributed by atoms with E-state index in [1.807, 2.05) is 0 Å². The zero-order valence-electron chi connectivity index (χ0n) is 13.8. The molecule has 3 aromatic rings. The number of nitrogens with zero attached hydrogens (tertiary/aromatic N) is 4. The van der Waals surface area contributed by atoms with E-state index in [4.69, 9.17) is 17.2 Å². The number of nitrogens with two attached hydrogens (primary N) is 3. The number of nitrogen functional groups attached to an aromatic ring is 3.